The number of nitrogens with one attached hydrogen (secondary N) is 1. The number of para-hydroxylation sites is 1. The molecule has 0 saturated heterocycles. The molecule has 0 radical (unpaired) electrons. The van der Waals surface area contributed by atoms with Crippen molar-refractivity contribution < 1.29 is 0 Å². The predicted octanol–water partition coefficient (Wildman–Crippen LogP) is 3.72. The van der Waals surface area contributed by atoms with Crippen LogP contribution in [0.3, 0.4) is 0 Å². The molecule has 1 atom stereocenters. The van der Waals surface area contributed by atoms with Crippen molar-refractivity contribution in [3.63, 3.8) is 0 Å². The maximum Gasteiger partial charge on any atom is 0.0867 e. The van der Waals surface area contributed by atoms with Crippen LogP contribution < -0.4 is 4.90 Å². The lowest BCUT2D eigenvalue weighted by Gasteiger charge is -2.31. The van der Waals surface area contributed by atoms with Crippen molar-refractivity contribution in [3.05, 3.63) is 53.8 Å². The van der Waals surface area contributed by atoms with Crippen LogP contribution >= 0.6 is 0 Å². The second kappa shape index (κ2) is 5.67. The Morgan fingerprint density at radius 1 is 1.17 bits per heavy atom. The van der Waals surface area contributed by atoms with Crippen molar-refractivity contribution in [2.45, 2.75) is 32.7 Å². The minimum Gasteiger partial charge on any atom is -0.336 e. The lowest BCUT2D eigenvalue weighted by molar-refractivity contribution is 0.933. The van der Waals surface area contributed by atoms with Gasteiger partial charge in [-0.05, 0) is 30.0 Å². The van der Waals surface area contributed by atoms with E-state index in [0.29, 0.717) is 0 Å². The van der Waals surface area contributed by atoms with Crippen molar-refractivity contribution in [2.24, 2.45) is 0 Å². The van der Waals surface area contributed by atoms with Crippen molar-refractivity contribution in [1.29, 1.82) is 5.41 Å². The van der Waals surface area contributed by atoms with Gasteiger partial charge in [0.1, 0.15) is 0 Å². The highest BCUT2D eigenvalue weighted by molar-refractivity contribution is 5.76. The standard InChI is InChI=1S/C16H20N2/c1-3-13-8-7-9-14(4-2)16(13)18-11-6-5-10-15(18)12-17/h5-12,15,17H,3-4H2,1-2H3. The molecule has 0 saturated carbocycles. The molecule has 1 N–H and O–H groups in total. The average Bonchev–Trinajstić information content (AvgIpc) is 2.46. The zero-order chi connectivity index (χ0) is 13.0. The van der Waals surface area contributed by atoms with E-state index < -0.39 is 0 Å². The lowest BCUT2D eigenvalue weighted by atomic mass is 10.00. The Morgan fingerprint density at radius 2 is 1.83 bits per heavy atom. The van der Waals surface area contributed by atoms with E-state index in [2.05, 4.69) is 49.2 Å². The molecule has 1 aromatic rings. The van der Waals surface area contributed by atoms with Gasteiger partial charge in [-0.1, -0.05) is 44.2 Å². The van der Waals surface area contributed by atoms with Crippen LogP contribution in [0.4, 0.5) is 5.69 Å². The first-order valence-corrected chi connectivity index (χ1v) is 6.56. The largest absolute Gasteiger partial charge is 0.336 e. The highest BCUT2D eigenvalue weighted by Gasteiger charge is 2.18. The van der Waals surface area contributed by atoms with E-state index in [0.717, 1.165) is 12.8 Å². The van der Waals surface area contributed by atoms with Gasteiger partial charge in [0, 0.05) is 18.1 Å². The maximum absolute atomic E-state index is 7.58. The molecule has 2 heteroatoms. The fraction of sp³-hybridized carbons (Fsp3) is 0.312. The van der Waals surface area contributed by atoms with Gasteiger partial charge in [0.15, 0.2) is 0 Å². The molecule has 0 aliphatic carbocycles. The van der Waals surface area contributed by atoms with Crippen LogP contribution in [0, 0.1) is 5.41 Å². The molecule has 0 bridgehead atoms. The molecular weight excluding hydrogens is 220 g/mol. The van der Waals surface area contributed by atoms with Gasteiger partial charge < -0.3 is 10.3 Å². The molecule has 1 aliphatic heterocycles. The molecule has 94 valence electrons. The Balaban J connectivity index is 2.51. The highest BCUT2D eigenvalue weighted by atomic mass is 15.1. The number of benzene rings is 1. The molecular formula is C16H20N2. The first-order valence-electron chi connectivity index (χ1n) is 6.56. The van der Waals surface area contributed by atoms with Gasteiger partial charge >= 0.3 is 0 Å². The van der Waals surface area contributed by atoms with Crippen molar-refractivity contribution in [1.82, 2.24) is 0 Å². The van der Waals surface area contributed by atoms with Crippen LogP contribution in [0.25, 0.3) is 0 Å². The molecule has 0 aromatic heterocycles. The highest BCUT2D eigenvalue weighted by Crippen LogP contribution is 2.30. The number of aryl methyl sites for hydroxylation is 2. The van der Waals surface area contributed by atoms with Gasteiger partial charge in [0.2, 0.25) is 0 Å². The normalized spacial score (nSPS) is 18.1. The monoisotopic (exact) mass is 240 g/mol. The van der Waals surface area contributed by atoms with E-state index in [1.165, 1.54) is 23.0 Å². The lowest BCUT2D eigenvalue weighted by Crippen LogP contribution is -2.32. The molecule has 1 unspecified atom stereocenters. The third-order valence-electron chi connectivity index (χ3n) is 3.38. The predicted molar refractivity (Wildman–Crippen MR) is 78.5 cm³/mol. The van der Waals surface area contributed by atoms with E-state index in [1.807, 2.05) is 12.2 Å². The summed E-state index contributed by atoms with van der Waals surface area (Å²) >= 11 is 0. The summed E-state index contributed by atoms with van der Waals surface area (Å²) in [6, 6.07) is 6.53. The number of hydrogen-bond donors (Lipinski definition) is 1. The summed E-state index contributed by atoms with van der Waals surface area (Å²) in [7, 11) is 0. The summed E-state index contributed by atoms with van der Waals surface area (Å²) in [4.78, 5) is 2.20. The molecule has 0 spiro atoms. The minimum absolute atomic E-state index is 0.0352. The topological polar surface area (TPSA) is 27.1 Å². The first-order chi connectivity index (χ1) is 8.81. The summed E-state index contributed by atoms with van der Waals surface area (Å²) in [5, 5.41) is 7.58. The van der Waals surface area contributed by atoms with Gasteiger partial charge in [0.25, 0.3) is 0 Å². The van der Waals surface area contributed by atoms with Gasteiger partial charge in [-0.2, -0.15) is 0 Å². The van der Waals surface area contributed by atoms with Gasteiger partial charge in [-0.25, -0.2) is 0 Å². The smallest absolute Gasteiger partial charge is 0.0867 e. The van der Waals surface area contributed by atoms with E-state index in [9.17, 15) is 0 Å². The molecule has 2 rings (SSSR count). The van der Waals surface area contributed by atoms with Crippen molar-refractivity contribution >= 4 is 11.9 Å². The second-order valence-corrected chi connectivity index (χ2v) is 4.42. The fourth-order valence-corrected chi connectivity index (χ4v) is 2.42. The third kappa shape index (κ3) is 2.23. The number of allylic oxidation sites excluding steroid dienone is 2. The van der Waals surface area contributed by atoms with Crippen molar-refractivity contribution in [3.8, 4) is 0 Å². The quantitative estimate of drug-likeness (QED) is 0.798. The van der Waals surface area contributed by atoms with E-state index >= 15 is 0 Å². The molecule has 2 nitrogen and oxygen atoms in total. The van der Waals surface area contributed by atoms with Crippen LogP contribution in [0.5, 0.6) is 0 Å². The van der Waals surface area contributed by atoms with Gasteiger partial charge in [-0.15, -0.1) is 0 Å². The van der Waals surface area contributed by atoms with Crippen LogP contribution in [0.2, 0.25) is 0 Å². The van der Waals surface area contributed by atoms with E-state index in [-0.39, 0.29) is 6.04 Å². The Bertz CT molecular complexity index is 464. The molecule has 1 heterocycles. The Hall–Kier alpha value is -1.83. The fourth-order valence-electron chi connectivity index (χ4n) is 2.42. The summed E-state index contributed by atoms with van der Waals surface area (Å²) < 4.78 is 0. The summed E-state index contributed by atoms with van der Waals surface area (Å²) in [5.41, 5.74) is 3.97. The SMILES string of the molecule is CCc1cccc(CC)c1N1C=CC=CC1C=N. The van der Waals surface area contributed by atoms with Crippen LogP contribution in [-0.2, 0) is 12.8 Å². The number of anilines is 1. The molecule has 1 aromatic carbocycles. The van der Waals surface area contributed by atoms with Crippen molar-refractivity contribution in [2.75, 3.05) is 4.90 Å². The Morgan fingerprint density at radius 3 is 2.39 bits per heavy atom. The second-order valence-electron chi connectivity index (χ2n) is 4.42. The van der Waals surface area contributed by atoms with Crippen LogP contribution in [-0.4, -0.2) is 12.3 Å². The van der Waals surface area contributed by atoms with E-state index in [4.69, 9.17) is 5.41 Å². The number of hydrogen-bond acceptors (Lipinski definition) is 2. The zero-order valence-corrected chi connectivity index (χ0v) is 11.1. The number of nitrogens with zero attached hydrogens (tertiary/aromatic N) is 1. The Labute approximate surface area is 109 Å². The van der Waals surface area contributed by atoms with Crippen LogP contribution in [0.15, 0.2) is 42.6 Å². The molecule has 18 heavy (non-hydrogen) atoms. The first kappa shape index (κ1) is 12.6. The van der Waals surface area contributed by atoms with E-state index in [1.54, 1.807) is 0 Å². The molecule has 1 aliphatic rings. The summed E-state index contributed by atoms with van der Waals surface area (Å²) in [6.45, 7) is 4.36. The third-order valence-corrected chi connectivity index (χ3v) is 3.38. The Kier molecular flexibility index (Phi) is 3.98. The zero-order valence-electron chi connectivity index (χ0n) is 11.1. The van der Waals surface area contributed by atoms with Crippen LogP contribution in [0.1, 0.15) is 25.0 Å². The molecule has 0 fully saturated rings. The summed E-state index contributed by atoms with van der Waals surface area (Å²) in [5.74, 6) is 0. The average molecular weight is 240 g/mol. The maximum atomic E-state index is 7.58. The summed E-state index contributed by atoms with van der Waals surface area (Å²) in [6.07, 6.45) is 11.7. The van der Waals surface area contributed by atoms with Gasteiger partial charge in [0.05, 0.1) is 6.04 Å². The minimum atomic E-state index is 0.0352. The number of rotatable bonds is 4. The van der Waals surface area contributed by atoms with Gasteiger partial charge in [-0.3, -0.25) is 0 Å². The molecule has 0 amide bonds.